The van der Waals surface area contributed by atoms with Gasteiger partial charge in [0.1, 0.15) is 6.04 Å². The topological polar surface area (TPSA) is 93.9 Å². The van der Waals surface area contributed by atoms with E-state index in [0.717, 1.165) is 16.3 Å². The Morgan fingerprint density at radius 2 is 1.96 bits per heavy atom. The third-order valence-electron chi connectivity index (χ3n) is 4.10. The summed E-state index contributed by atoms with van der Waals surface area (Å²) < 4.78 is 5.21. The number of hydrazine groups is 1. The second-order valence-corrected chi connectivity index (χ2v) is 5.57. The van der Waals surface area contributed by atoms with Gasteiger partial charge in [0, 0.05) is 0 Å². The number of nitrogens with zero attached hydrogens (tertiary/aromatic N) is 2. The molecule has 6 heteroatoms. The van der Waals surface area contributed by atoms with E-state index < -0.39 is 12.0 Å². The SMILES string of the molecule is CCOC(=O)C1=C(C)N=C(N)N(N)C1c1cccc2ccccc12. The monoisotopic (exact) mass is 324 g/mol. The summed E-state index contributed by atoms with van der Waals surface area (Å²) >= 11 is 0. The van der Waals surface area contributed by atoms with Gasteiger partial charge in [0.05, 0.1) is 17.9 Å². The lowest BCUT2D eigenvalue weighted by molar-refractivity contribution is -0.139. The Hall–Kier alpha value is -2.86. The van der Waals surface area contributed by atoms with Gasteiger partial charge in [0.25, 0.3) is 0 Å². The Morgan fingerprint density at radius 3 is 2.71 bits per heavy atom. The highest BCUT2D eigenvalue weighted by Gasteiger charge is 2.35. The molecule has 0 amide bonds. The molecule has 0 spiro atoms. The molecule has 124 valence electrons. The fourth-order valence-corrected chi connectivity index (χ4v) is 3.02. The Kier molecular flexibility index (Phi) is 4.22. The smallest absolute Gasteiger partial charge is 0.338 e. The number of ether oxygens (including phenoxy) is 1. The molecule has 2 aromatic rings. The molecule has 1 atom stereocenters. The van der Waals surface area contributed by atoms with Gasteiger partial charge in [0.15, 0.2) is 0 Å². The number of esters is 1. The number of aliphatic imine (C=N–C) groups is 1. The van der Waals surface area contributed by atoms with Crippen molar-refractivity contribution in [1.82, 2.24) is 5.01 Å². The van der Waals surface area contributed by atoms with Gasteiger partial charge in [-0.15, -0.1) is 0 Å². The van der Waals surface area contributed by atoms with Crippen molar-refractivity contribution in [2.24, 2.45) is 16.6 Å². The standard InChI is InChI=1S/C18H20N4O2/c1-3-24-17(23)15-11(2)21-18(19)22(20)16(15)14-10-6-8-12-7-4-5-9-13(12)14/h4-10,16H,3,20H2,1-2H3,(H2,19,21). The van der Waals surface area contributed by atoms with Crippen LogP contribution in [0.1, 0.15) is 25.5 Å². The predicted molar refractivity (Wildman–Crippen MR) is 93.7 cm³/mol. The van der Waals surface area contributed by atoms with Crippen molar-refractivity contribution in [2.45, 2.75) is 19.9 Å². The van der Waals surface area contributed by atoms with E-state index in [1.165, 1.54) is 5.01 Å². The van der Waals surface area contributed by atoms with Gasteiger partial charge in [-0.3, -0.25) is 5.01 Å². The van der Waals surface area contributed by atoms with E-state index in [0.29, 0.717) is 11.3 Å². The van der Waals surface area contributed by atoms with Gasteiger partial charge in [0.2, 0.25) is 5.96 Å². The van der Waals surface area contributed by atoms with E-state index in [4.69, 9.17) is 16.3 Å². The Labute approximate surface area is 140 Å². The lowest BCUT2D eigenvalue weighted by Crippen LogP contribution is -2.49. The summed E-state index contributed by atoms with van der Waals surface area (Å²) in [6.45, 7) is 3.78. The Balaban J connectivity index is 2.22. The number of fused-ring (bicyclic) bond motifs is 1. The fourth-order valence-electron chi connectivity index (χ4n) is 3.02. The van der Waals surface area contributed by atoms with Crippen LogP contribution in [-0.2, 0) is 9.53 Å². The van der Waals surface area contributed by atoms with Crippen molar-refractivity contribution < 1.29 is 9.53 Å². The van der Waals surface area contributed by atoms with Gasteiger partial charge >= 0.3 is 5.97 Å². The number of hydrogen-bond donors (Lipinski definition) is 2. The average Bonchev–Trinajstić information content (AvgIpc) is 2.57. The first-order valence-corrected chi connectivity index (χ1v) is 7.78. The van der Waals surface area contributed by atoms with Gasteiger partial charge < -0.3 is 10.5 Å². The molecule has 0 saturated carbocycles. The van der Waals surface area contributed by atoms with E-state index >= 15 is 0 Å². The number of hydrogen-bond acceptors (Lipinski definition) is 6. The Morgan fingerprint density at radius 1 is 1.25 bits per heavy atom. The molecule has 6 nitrogen and oxygen atoms in total. The molecule has 1 unspecified atom stereocenters. The summed E-state index contributed by atoms with van der Waals surface area (Å²) in [6.07, 6.45) is 0. The minimum absolute atomic E-state index is 0.165. The molecule has 0 radical (unpaired) electrons. The zero-order valence-electron chi connectivity index (χ0n) is 13.7. The van der Waals surface area contributed by atoms with E-state index in [1.54, 1.807) is 13.8 Å². The van der Waals surface area contributed by atoms with Crippen LogP contribution in [0.25, 0.3) is 10.8 Å². The van der Waals surface area contributed by atoms with Gasteiger partial charge in [-0.05, 0) is 30.2 Å². The van der Waals surface area contributed by atoms with Gasteiger partial charge in [-0.2, -0.15) is 0 Å². The van der Waals surface area contributed by atoms with Crippen LogP contribution >= 0.6 is 0 Å². The van der Waals surface area contributed by atoms with Crippen molar-refractivity contribution in [1.29, 1.82) is 0 Å². The number of benzene rings is 2. The Bertz CT molecular complexity index is 852. The van der Waals surface area contributed by atoms with Crippen molar-refractivity contribution in [3.05, 3.63) is 59.3 Å². The van der Waals surface area contributed by atoms with Crippen LogP contribution in [-0.4, -0.2) is 23.5 Å². The van der Waals surface area contributed by atoms with Crippen LogP contribution in [0.3, 0.4) is 0 Å². The summed E-state index contributed by atoms with van der Waals surface area (Å²) in [6, 6.07) is 13.3. The fraction of sp³-hybridized carbons (Fsp3) is 0.222. The number of carbonyl (C=O) groups excluding carboxylic acids is 1. The average molecular weight is 324 g/mol. The molecule has 0 bridgehead atoms. The zero-order valence-corrected chi connectivity index (χ0v) is 13.7. The first-order chi connectivity index (χ1) is 11.5. The maximum Gasteiger partial charge on any atom is 0.338 e. The third kappa shape index (κ3) is 2.61. The molecule has 0 fully saturated rings. The summed E-state index contributed by atoms with van der Waals surface area (Å²) in [7, 11) is 0. The first kappa shape index (κ1) is 16.0. The molecule has 24 heavy (non-hydrogen) atoms. The molecule has 0 aliphatic carbocycles. The second-order valence-electron chi connectivity index (χ2n) is 5.57. The van der Waals surface area contributed by atoms with Crippen molar-refractivity contribution >= 4 is 22.7 Å². The molecule has 0 saturated heterocycles. The van der Waals surface area contributed by atoms with Crippen LogP contribution < -0.4 is 11.6 Å². The molecule has 1 aliphatic heterocycles. The molecule has 4 N–H and O–H groups in total. The predicted octanol–water partition coefficient (Wildman–Crippen LogP) is 2.22. The molecule has 1 heterocycles. The van der Waals surface area contributed by atoms with E-state index in [1.807, 2.05) is 42.5 Å². The quantitative estimate of drug-likeness (QED) is 0.667. The normalized spacial score (nSPS) is 17.9. The number of nitrogens with two attached hydrogens (primary N) is 2. The molecule has 1 aliphatic rings. The highest BCUT2D eigenvalue weighted by molar-refractivity contribution is 5.97. The number of rotatable bonds is 3. The largest absolute Gasteiger partial charge is 0.463 e. The molecular formula is C18H20N4O2. The molecule has 3 rings (SSSR count). The maximum atomic E-state index is 12.5. The molecule has 0 aromatic heterocycles. The van der Waals surface area contributed by atoms with Crippen LogP contribution in [0.15, 0.2) is 58.7 Å². The van der Waals surface area contributed by atoms with Crippen molar-refractivity contribution in [2.75, 3.05) is 6.61 Å². The summed E-state index contributed by atoms with van der Waals surface area (Å²) in [5.74, 6) is 5.90. The van der Waals surface area contributed by atoms with Crippen LogP contribution in [0, 0.1) is 0 Å². The van der Waals surface area contributed by atoms with Crippen LogP contribution in [0.2, 0.25) is 0 Å². The highest BCUT2D eigenvalue weighted by Crippen LogP contribution is 2.36. The lowest BCUT2D eigenvalue weighted by atomic mass is 9.91. The van der Waals surface area contributed by atoms with Crippen molar-refractivity contribution in [3.8, 4) is 0 Å². The number of guanidine groups is 1. The summed E-state index contributed by atoms with van der Waals surface area (Å²) in [5, 5.41) is 3.39. The van der Waals surface area contributed by atoms with Crippen LogP contribution in [0.5, 0.6) is 0 Å². The highest BCUT2D eigenvalue weighted by atomic mass is 16.5. The maximum absolute atomic E-state index is 12.5. The summed E-state index contributed by atoms with van der Waals surface area (Å²) in [4.78, 5) is 16.7. The van der Waals surface area contributed by atoms with Gasteiger partial charge in [-0.25, -0.2) is 15.6 Å². The minimum atomic E-state index is -0.548. The van der Waals surface area contributed by atoms with Crippen molar-refractivity contribution in [3.63, 3.8) is 0 Å². The van der Waals surface area contributed by atoms with E-state index in [9.17, 15) is 4.79 Å². The minimum Gasteiger partial charge on any atom is -0.463 e. The van der Waals surface area contributed by atoms with Crippen LogP contribution in [0.4, 0.5) is 0 Å². The molecule has 2 aromatic carbocycles. The first-order valence-electron chi connectivity index (χ1n) is 7.78. The van der Waals surface area contributed by atoms with E-state index in [2.05, 4.69) is 4.99 Å². The number of carbonyl (C=O) groups is 1. The molecular weight excluding hydrogens is 304 g/mol. The van der Waals surface area contributed by atoms with E-state index in [-0.39, 0.29) is 12.6 Å². The summed E-state index contributed by atoms with van der Waals surface area (Å²) in [5.41, 5.74) is 7.75. The zero-order chi connectivity index (χ0) is 17.3. The number of allylic oxidation sites excluding steroid dienone is 1. The third-order valence-corrected chi connectivity index (χ3v) is 4.10. The second kappa shape index (κ2) is 6.33. The van der Waals surface area contributed by atoms with Gasteiger partial charge in [-0.1, -0.05) is 42.5 Å². The lowest BCUT2D eigenvalue weighted by Gasteiger charge is -2.34.